The summed E-state index contributed by atoms with van der Waals surface area (Å²) in [7, 11) is 0. The molecule has 4 fully saturated rings. The van der Waals surface area contributed by atoms with Gasteiger partial charge in [-0.25, -0.2) is 0 Å². The predicted octanol–water partition coefficient (Wildman–Crippen LogP) is 1.98. The van der Waals surface area contributed by atoms with Crippen LogP contribution in [0.5, 0.6) is 0 Å². The van der Waals surface area contributed by atoms with E-state index in [1.54, 1.807) is 13.8 Å². The lowest BCUT2D eigenvalue weighted by Gasteiger charge is -2.47. The first-order valence-electron chi connectivity index (χ1n) is 11.8. The van der Waals surface area contributed by atoms with Crippen molar-refractivity contribution in [3.8, 4) is 0 Å². The molecule has 3 aliphatic heterocycles. The van der Waals surface area contributed by atoms with Gasteiger partial charge in [-0.05, 0) is 39.5 Å². The molecule has 8 nitrogen and oxygen atoms in total. The van der Waals surface area contributed by atoms with E-state index in [0.717, 1.165) is 0 Å². The number of hydrogen-bond donors (Lipinski definition) is 2. The molecule has 32 heavy (non-hydrogen) atoms. The van der Waals surface area contributed by atoms with Gasteiger partial charge in [0.1, 0.15) is 29.5 Å². The molecular formula is C24H38O8. The Kier molecular flexibility index (Phi) is 5.72. The molecule has 0 spiro atoms. The van der Waals surface area contributed by atoms with E-state index in [9.17, 15) is 19.8 Å². The van der Waals surface area contributed by atoms with Crippen LogP contribution in [0.25, 0.3) is 0 Å². The van der Waals surface area contributed by atoms with Gasteiger partial charge < -0.3 is 29.2 Å². The number of ether oxygens (including phenoxy) is 4. The molecule has 0 amide bonds. The maximum atomic E-state index is 11.9. The zero-order valence-corrected chi connectivity index (χ0v) is 20.2. The number of carbonyl (C=O) groups excluding carboxylic acids is 2. The van der Waals surface area contributed by atoms with Crippen LogP contribution in [0.4, 0.5) is 0 Å². The lowest BCUT2D eigenvalue weighted by atomic mass is 9.57. The fourth-order valence-corrected chi connectivity index (χ4v) is 7.01. The van der Waals surface area contributed by atoms with Crippen LogP contribution in [-0.2, 0) is 28.5 Å². The van der Waals surface area contributed by atoms with Gasteiger partial charge in [0.25, 0.3) is 0 Å². The van der Waals surface area contributed by atoms with Gasteiger partial charge in [0.05, 0.1) is 17.8 Å². The van der Waals surface area contributed by atoms with E-state index in [1.807, 2.05) is 6.92 Å². The monoisotopic (exact) mass is 454 g/mol. The van der Waals surface area contributed by atoms with Crippen LogP contribution in [0.15, 0.2) is 0 Å². The SMILES string of the molecule is CC(=O)O[C@H]1[C@H](C(C)C)[C@@H]2[C@@H]([C@H]3C[C@](C)(O)[C@@H](OC(C)=O)CC[C@@](C)(O)[C@@H]2O3)[C@@]2(C)O[C@@H]12. The number of fused-ring (bicyclic) bond motifs is 7. The third kappa shape index (κ3) is 3.77. The molecule has 3 heterocycles. The van der Waals surface area contributed by atoms with Crippen LogP contribution >= 0.6 is 0 Å². The van der Waals surface area contributed by atoms with Gasteiger partial charge >= 0.3 is 11.9 Å². The standard InChI is InChI=1S/C24H38O8/c1-11(2)16-17-18(24(7)21(32-24)19(16)30-13(4)26)14-10-23(6,28)15(29-12(3)25)8-9-22(5,27)20(17)31-14/h11,14-21,27-28H,8-10H2,1-7H3/t14-,15+,16-,17-,18-,19+,20-,21+,22-,23+,24-/m1/s1. The van der Waals surface area contributed by atoms with E-state index in [2.05, 4.69) is 13.8 Å². The molecule has 182 valence electrons. The summed E-state index contributed by atoms with van der Waals surface area (Å²) in [5.74, 6) is -0.894. The zero-order valence-electron chi connectivity index (χ0n) is 20.2. The molecule has 8 heteroatoms. The second-order valence-corrected chi connectivity index (χ2v) is 11.4. The van der Waals surface area contributed by atoms with E-state index in [1.165, 1.54) is 13.8 Å². The maximum Gasteiger partial charge on any atom is 0.303 e. The molecule has 0 unspecified atom stereocenters. The summed E-state index contributed by atoms with van der Waals surface area (Å²) in [5, 5.41) is 23.0. The molecule has 4 rings (SSSR count). The molecule has 2 bridgehead atoms. The molecule has 0 aromatic rings. The molecule has 0 aromatic carbocycles. The van der Waals surface area contributed by atoms with Crippen molar-refractivity contribution in [2.75, 3.05) is 0 Å². The molecule has 4 aliphatic rings. The highest BCUT2D eigenvalue weighted by molar-refractivity contribution is 5.66. The van der Waals surface area contributed by atoms with Gasteiger partial charge in [0.2, 0.25) is 0 Å². The molecule has 3 saturated heterocycles. The lowest BCUT2D eigenvalue weighted by Crippen LogP contribution is -2.58. The van der Waals surface area contributed by atoms with Gasteiger partial charge in [0.15, 0.2) is 0 Å². The van der Waals surface area contributed by atoms with Gasteiger partial charge in [0, 0.05) is 38.0 Å². The first kappa shape index (κ1) is 23.9. The molecule has 0 radical (unpaired) electrons. The Bertz CT molecular complexity index is 776. The van der Waals surface area contributed by atoms with E-state index in [4.69, 9.17) is 18.9 Å². The average molecular weight is 455 g/mol. The quantitative estimate of drug-likeness (QED) is 0.491. The minimum Gasteiger partial charge on any atom is -0.460 e. The van der Waals surface area contributed by atoms with Crippen molar-refractivity contribution in [2.45, 2.75) is 115 Å². The van der Waals surface area contributed by atoms with E-state index in [0.29, 0.717) is 12.8 Å². The summed E-state index contributed by atoms with van der Waals surface area (Å²) in [6.07, 6.45) is -1.42. The largest absolute Gasteiger partial charge is 0.460 e. The molecular weight excluding hydrogens is 416 g/mol. The summed E-state index contributed by atoms with van der Waals surface area (Å²) < 4.78 is 24.0. The summed E-state index contributed by atoms with van der Waals surface area (Å²) >= 11 is 0. The third-order valence-corrected chi connectivity index (χ3v) is 8.37. The number of esters is 2. The highest BCUT2D eigenvalue weighted by Crippen LogP contribution is 2.64. The lowest BCUT2D eigenvalue weighted by molar-refractivity contribution is -0.167. The number of carbonyl (C=O) groups is 2. The summed E-state index contributed by atoms with van der Waals surface area (Å²) in [4.78, 5) is 23.6. The topological polar surface area (TPSA) is 115 Å². The Balaban J connectivity index is 1.76. The van der Waals surface area contributed by atoms with E-state index >= 15 is 0 Å². The van der Waals surface area contributed by atoms with Gasteiger partial charge in [-0.1, -0.05) is 13.8 Å². The fraction of sp³-hybridized carbons (Fsp3) is 0.917. The van der Waals surface area contributed by atoms with Crippen LogP contribution in [0, 0.1) is 23.7 Å². The minimum absolute atomic E-state index is 0.0559. The van der Waals surface area contributed by atoms with Crippen molar-refractivity contribution in [3.05, 3.63) is 0 Å². The average Bonchev–Trinajstić information content (AvgIpc) is 3.18. The number of aliphatic hydroxyl groups is 2. The second-order valence-electron chi connectivity index (χ2n) is 11.4. The van der Waals surface area contributed by atoms with Crippen molar-refractivity contribution >= 4 is 11.9 Å². The van der Waals surface area contributed by atoms with Crippen LogP contribution in [-0.4, -0.2) is 69.5 Å². The number of hydrogen-bond acceptors (Lipinski definition) is 8. The van der Waals surface area contributed by atoms with Gasteiger partial charge in [-0.2, -0.15) is 0 Å². The molecule has 11 atom stereocenters. The minimum atomic E-state index is -1.32. The van der Waals surface area contributed by atoms with Crippen LogP contribution in [0.3, 0.4) is 0 Å². The number of rotatable bonds is 3. The summed E-state index contributed by atoms with van der Waals surface area (Å²) in [6.45, 7) is 12.4. The second kappa shape index (κ2) is 7.65. The first-order valence-corrected chi connectivity index (χ1v) is 11.8. The number of epoxide rings is 1. The summed E-state index contributed by atoms with van der Waals surface area (Å²) in [6, 6.07) is 0. The molecule has 1 saturated carbocycles. The van der Waals surface area contributed by atoms with Crippen molar-refractivity contribution in [1.82, 2.24) is 0 Å². The Hall–Kier alpha value is -1.22. The summed E-state index contributed by atoms with van der Waals surface area (Å²) in [5.41, 5.74) is -3.11. The third-order valence-electron chi connectivity index (χ3n) is 8.37. The maximum absolute atomic E-state index is 11.9. The van der Waals surface area contributed by atoms with Crippen molar-refractivity contribution < 1.29 is 38.7 Å². The Morgan fingerprint density at radius 1 is 1.00 bits per heavy atom. The van der Waals surface area contributed by atoms with Crippen LogP contribution in [0.2, 0.25) is 0 Å². The van der Waals surface area contributed by atoms with Crippen LogP contribution < -0.4 is 0 Å². The first-order chi connectivity index (χ1) is 14.7. The predicted molar refractivity (Wildman–Crippen MR) is 113 cm³/mol. The molecule has 1 aliphatic carbocycles. The smallest absolute Gasteiger partial charge is 0.303 e. The van der Waals surface area contributed by atoms with Gasteiger partial charge in [-0.15, -0.1) is 0 Å². The van der Waals surface area contributed by atoms with Crippen LogP contribution in [0.1, 0.15) is 67.7 Å². The van der Waals surface area contributed by atoms with E-state index in [-0.39, 0.29) is 42.2 Å². The van der Waals surface area contributed by atoms with Crippen molar-refractivity contribution in [2.24, 2.45) is 23.7 Å². The Morgan fingerprint density at radius 3 is 2.19 bits per heavy atom. The molecule has 2 N–H and O–H groups in total. The fourth-order valence-electron chi connectivity index (χ4n) is 7.01. The van der Waals surface area contributed by atoms with Gasteiger partial charge in [-0.3, -0.25) is 9.59 Å². The zero-order chi connectivity index (χ0) is 23.8. The Labute approximate surface area is 189 Å². The molecule has 0 aromatic heterocycles. The Morgan fingerprint density at radius 2 is 1.62 bits per heavy atom. The normalized spacial score (nSPS) is 52.2. The highest BCUT2D eigenvalue weighted by Gasteiger charge is 2.76. The highest BCUT2D eigenvalue weighted by atomic mass is 16.7. The van der Waals surface area contributed by atoms with Crippen molar-refractivity contribution in [1.29, 1.82) is 0 Å². The van der Waals surface area contributed by atoms with E-state index < -0.39 is 47.2 Å². The van der Waals surface area contributed by atoms with Crippen molar-refractivity contribution in [3.63, 3.8) is 0 Å².